The highest BCUT2D eigenvalue weighted by molar-refractivity contribution is 7.22. The quantitative estimate of drug-likeness (QED) is 0.717. The van der Waals surface area contributed by atoms with Crippen LogP contribution in [-0.4, -0.2) is 29.2 Å². The predicted octanol–water partition coefficient (Wildman–Crippen LogP) is 3.65. The van der Waals surface area contributed by atoms with Gasteiger partial charge >= 0.3 is 0 Å². The van der Waals surface area contributed by atoms with Crippen molar-refractivity contribution in [1.82, 2.24) is 15.5 Å². The molecule has 0 aliphatic carbocycles. The molecule has 1 fully saturated rings. The Bertz CT molecular complexity index is 948. The van der Waals surface area contributed by atoms with Crippen LogP contribution in [0.15, 0.2) is 30.3 Å². The maximum absolute atomic E-state index is 11.8. The highest BCUT2D eigenvalue weighted by atomic mass is 35.5. The van der Waals surface area contributed by atoms with E-state index in [1.54, 1.807) is 0 Å². The van der Waals surface area contributed by atoms with Gasteiger partial charge < -0.3 is 11.1 Å². The Balaban J connectivity index is 1.78. The van der Waals surface area contributed by atoms with E-state index in [1.807, 2.05) is 24.3 Å². The first kappa shape index (κ1) is 17.4. The van der Waals surface area contributed by atoms with E-state index >= 15 is 0 Å². The fourth-order valence-corrected chi connectivity index (χ4v) is 4.72. The third-order valence-electron chi connectivity index (χ3n) is 4.83. The summed E-state index contributed by atoms with van der Waals surface area (Å²) >= 11 is 7.52. The van der Waals surface area contributed by atoms with Crippen LogP contribution in [0.3, 0.4) is 0 Å². The Kier molecular flexibility index (Phi) is 4.89. The molecule has 134 valence electrons. The molecule has 1 aliphatic heterocycles. The average Bonchev–Trinajstić information content (AvgIpc) is 3.09. The number of hydrogen-bond donors (Lipinski definition) is 2. The van der Waals surface area contributed by atoms with Gasteiger partial charge in [-0.1, -0.05) is 23.7 Å². The SMILES string of the molecule is NC(=O)c1nnc(CC2CCNCC2)c2cc(-c3ccc(Cl)cc3)sc12. The molecule has 1 amide bonds. The lowest BCUT2D eigenvalue weighted by Gasteiger charge is -2.22. The summed E-state index contributed by atoms with van der Waals surface area (Å²) < 4.78 is 0.821. The summed E-state index contributed by atoms with van der Waals surface area (Å²) in [6.45, 7) is 2.08. The summed E-state index contributed by atoms with van der Waals surface area (Å²) in [6.07, 6.45) is 3.14. The first-order chi connectivity index (χ1) is 12.6. The van der Waals surface area contributed by atoms with Gasteiger partial charge in [0.15, 0.2) is 5.69 Å². The summed E-state index contributed by atoms with van der Waals surface area (Å²) in [5.74, 6) is 0.0486. The fraction of sp³-hybridized carbons (Fsp3) is 0.316. The second-order valence-corrected chi connectivity index (χ2v) is 8.11. The van der Waals surface area contributed by atoms with Crippen LogP contribution in [-0.2, 0) is 6.42 Å². The van der Waals surface area contributed by atoms with Crippen LogP contribution in [0.1, 0.15) is 29.0 Å². The lowest BCUT2D eigenvalue weighted by atomic mass is 9.92. The molecular weight excluding hydrogens is 368 g/mol. The molecule has 0 radical (unpaired) electrons. The van der Waals surface area contributed by atoms with Gasteiger partial charge in [0, 0.05) is 15.3 Å². The molecule has 0 unspecified atom stereocenters. The van der Waals surface area contributed by atoms with Crippen LogP contribution in [0.2, 0.25) is 5.02 Å². The van der Waals surface area contributed by atoms with Crippen LogP contribution >= 0.6 is 22.9 Å². The minimum absolute atomic E-state index is 0.249. The van der Waals surface area contributed by atoms with E-state index in [0.29, 0.717) is 10.9 Å². The van der Waals surface area contributed by atoms with E-state index in [1.165, 1.54) is 11.3 Å². The topological polar surface area (TPSA) is 80.9 Å². The second-order valence-electron chi connectivity index (χ2n) is 6.62. The number of piperidine rings is 1. The number of amides is 1. The Hall–Kier alpha value is -2.02. The summed E-state index contributed by atoms with van der Waals surface area (Å²) in [6, 6.07) is 9.78. The molecule has 1 aromatic carbocycles. The number of carbonyl (C=O) groups excluding carboxylic acids is 1. The molecule has 3 aromatic rings. The molecule has 1 aliphatic rings. The molecule has 3 heterocycles. The van der Waals surface area contributed by atoms with Crippen molar-refractivity contribution in [1.29, 1.82) is 0 Å². The summed E-state index contributed by atoms with van der Waals surface area (Å²) in [5.41, 5.74) is 7.78. The molecule has 5 nitrogen and oxygen atoms in total. The molecule has 1 saturated heterocycles. The number of benzene rings is 1. The highest BCUT2D eigenvalue weighted by Crippen LogP contribution is 2.37. The molecule has 7 heteroatoms. The summed E-state index contributed by atoms with van der Waals surface area (Å²) in [4.78, 5) is 12.9. The Labute approximate surface area is 160 Å². The number of carbonyl (C=O) groups is 1. The Morgan fingerprint density at radius 1 is 1.23 bits per heavy atom. The monoisotopic (exact) mass is 386 g/mol. The van der Waals surface area contributed by atoms with Gasteiger partial charge in [0.25, 0.3) is 5.91 Å². The molecular formula is C19H19ClN4OS. The molecule has 0 spiro atoms. The maximum atomic E-state index is 11.8. The minimum atomic E-state index is -0.541. The number of thiophene rings is 1. The van der Waals surface area contributed by atoms with E-state index in [2.05, 4.69) is 21.6 Å². The van der Waals surface area contributed by atoms with Crippen molar-refractivity contribution in [3.8, 4) is 10.4 Å². The van der Waals surface area contributed by atoms with Crippen molar-refractivity contribution in [3.63, 3.8) is 0 Å². The van der Waals surface area contributed by atoms with Gasteiger partial charge in [0.2, 0.25) is 0 Å². The van der Waals surface area contributed by atoms with E-state index in [9.17, 15) is 4.79 Å². The fourth-order valence-electron chi connectivity index (χ4n) is 3.42. The number of fused-ring (bicyclic) bond motifs is 1. The van der Waals surface area contributed by atoms with Gasteiger partial charge in [-0.15, -0.1) is 16.4 Å². The zero-order chi connectivity index (χ0) is 18.1. The molecule has 26 heavy (non-hydrogen) atoms. The van der Waals surface area contributed by atoms with E-state index < -0.39 is 5.91 Å². The molecule has 4 rings (SSSR count). The number of nitrogens with zero attached hydrogens (tertiary/aromatic N) is 2. The van der Waals surface area contributed by atoms with Crippen LogP contribution in [0.25, 0.3) is 20.5 Å². The van der Waals surface area contributed by atoms with Crippen LogP contribution in [0.5, 0.6) is 0 Å². The van der Waals surface area contributed by atoms with Crippen molar-refractivity contribution in [2.24, 2.45) is 11.7 Å². The Morgan fingerprint density at radius 2 is 1.96 bits per heavy atom. The number of aromatic nitrogens is 2. The van der Waals surface area contributed by atoms with Gasteiger partial charge in [-0.05, 0) is 62.0 Å². The molecule has 3 N–H and O–H groups in total. The van der Waals surface area contributed by atoms with E-state index in [4.69, 9.17) is 17.3 Å². The zero-order valence-corrected chi connectivity index (χ0v) is 15.7. The predicted molar refractivity (Wildman–Crippen MR) is 106 cm³/mol. The zero-order valence-electron chi connectivity index (χ0n) is 14.2. The molecule has 0 saturated carbocycles. The molecule has 0 atom stereocenters. The smallest absolute Gasteiger partial charge is 0.270 e. The maximum Gasteiger partial charge on any atom is 0.270 e. The van der Waals surface area contributed by atoms with Crippen molar-refractivity contribution in [2.75, 3.05) is 13.1 Å². The molecule has 0 bridgehead atoms. The number of hydrogen-bond acceptors (Lipinski definition) is 5. The third kappa shape index (κ3) is 3.45. The number of rotatable bonds is 4. The lowest BCUT2D eigenvalue weighted by molar-refractivity contribution is 0.0996. The number of primary amides is 1. The van der Waals surface area contributed by atoms with E-state index in [0.717, 1.165) is 58.6 Å². The second kappa shape index (κ2) is 7.31. The standard InChI is InChI=1S/C19H19ClN4OS/c20-13-3-1-12(2-4-13)16-10-14-15(9-11-5-7-22-8-6-11)23-24-17(19(21)25)18(14)26-16/h1-4,10-11,22H,5-9H2,(H2,21,25). The van der Waals surface area contributed by atoms with Crippen molar-refractivity contribution >= 4 is 38.9 Å². The normalized spacial score (nSPS) is 15.4. The summed E-state index contributed by atoms with van der Waals surface area (Å²) in [7, 11) is 0. The number of nitrogens with two attached hydrogens (primary N) is 1. The largest absolute Gasteiger partial charge is 0.364 e. The van der Waals surface area contributed by atoms with Gasteiger partial charge in [0.05, 0.1) is 10.4 Å². The first-order valence-electron chi connectivity index (χ1n) is 8.67. The van der Waals surface area contributed by atoms with Gasteiger partial charge in [0.1, 0.15) is 0 Å². The van der Waals surface area contributed by atoms with E-state index in [-0.39, 0.29) is 5.69 Å². The third-order valence-corrected chi connectivity index (χ3v) is 6.27. The first-order valence-corrected chi connectivity index (χ1v) is 9.87. The van der Waals surface area contributed by atoms with Crippen LogP contribution < -0.4 is 11.1 Å². The summed E-state index contributed by atoms with van der Waals surface area (Å²) in [5, 5.41) is 13.6. The van der Waals surface area contributed by atoms with Crippen LogP contribution in [0.4, 0.5) is 0 Å². The van der Waals surface area contributed by atoms with Gasteiger partial charge in [-0.3, -0.25) is 4.79 Å². The van der Waals surface area contributed by atoms with Gasteiger partial charge in [-0.2, -0.15) is 5.10 Å². The lowest BCUT2D eigenvalue weighted by Crippen LogP contribution is -2.29. The highest BCUT2D eigenvalue weighted by Gasteiger charge is 2.21. The Morgan fingerprint density at radius 3 is 2.65 bits per heavy atom. The number of halogens is 1. The minimum Gasteiger partial charge on any atom is -0.364 e. The number of nitrogens with one attached hydrogen (secondary N) is 1. The van der Waals surface area contributed by atoms with Crippen LogP contribution in [0, 0.1) is 5.92 Å². The average molecular weight is 387 g/mol. The van der Waals surface area contributed by atoms with Crippen molar-refractivity contribution in [3.05, 3.63) is 46.7 Å². The molecule has 2 aromatic heterocycles. The van der Waals surface area contributed by atoms with Gasteiger partial charge in [-0.25, -0.2) is 0 Å². The van der Waals surface area contributed by atoms with Crippen molar-refractivity contribution < 1.29 is 4.79 Å². The van der Waals surface area contributed by atoms with Crippen molar-refractivity contribution in [2.45, 2.75) is 19.3 Å².